The molecular weight excluding hydrogens is 485 g/mol. The quantitative estimate of drug-likeness (QED) is 0.319. The molecule has 0 unspecified atom stereocenters. The first-order valence-corrected chi connectivity index (χ1v) is 11.7. The van der Waals surface area contributed by atoms with E-state index in [2.05, 4.69) is 10.6 Å². The Labute approximate surface area is 205 Å². The summed E-state index contributed by atoms with van der Waals surface area (Å²) in [6.45, 7) is 0. The van der Waals surface area contributed by atoms with Crippen LogP contribution < -0.4 is 15.5 Å². The lowest BCUT2D eigenvalue weighted by Gasteiger charge is -2.15. The van der Waals surface area contributed by atoms with E-state index in [4.69, 9.17) is 35.4 Å². The van der Waals surface area contributed by atoms with Crippen molar-refractivity contribution in [2.75, 3.05) is 15.5 Å². The summed E-state index contributed by atoms with van der Waals surface area (Å²) in [4.78, 5) is 27.4. The summed E-state index contributed by atoms with van der Waals surface area (Å²) in [6.07, 6.45) is 0.120. The first kappa shape index (κ1) is 22.6. The molecule has 5 nitrogen and oxygen atoms in total. The lowest BCUT2D eigenvalue weighted by Crippen LogP contribution is -2.31. The number of thioether (sulfide) groups is 1. The highest BCUT2D eigenvalue weighted by atomic mass is 35.5. The highest BCUT2D eigenvalue weighted by Gasteiger charge is 2.40. The molecule has 0 spiro atoms. The summed E-state index contributed by atoms with van der Waals surface area (Å²) in [7, 11) is 0. The summed E-state index contributed by atoms with van der Waals surface area (Å²) < 4.78 is 0. The van der Waals surface area contributed by atoms with Crippen LogP contribution >= 0.6 is 47.2 Å². The van der Waals surface area contributed by atoms with Crippen LogP contribution in [-0.2, 0) is 9.59 Å². The molecule has 0 bridgehead atoms. The van der Waals surface area contributed by atoms with E-state index in [9.17, 15) is 9.59 Å². The molecule has 0 radical (unpaired) electrons. The number of carbonyl (C=O) groups is 2. The predicted molar refractivity (Wildman–Crippen MR) is 136 cm³/mol. The third-order valence-corrected chi connectivity index (χ3v) is 6.83. The van der Waals surface area contributed by atoms with Gasteiger partial charge in [0, 0.05) is 22.7 Å². The number of benzene rings is 3. The van der Waals surface area contributed by atoms with Crippen LogP contribution in [0.15, 0.2) is 77.7 Å². The van der Waals surface area contributed by atoms with Gasteiger partial charge in [0.1, 0.15) is 0 Å². The number of rotatable bonds is 5. The Hall–Kier alpha value is -2.58. The molecule has 1 saturated heterocycles. The lowest BCUT2D eigenvalue weighted by molar-refractivity contribution is -0.121. The van der Waals surface area contributed by atoms with Gasteiger partial charge in [-0.2, -0.15) is 0 Å². The standard InChI is InChI=1S/C23H17Cl2N3O2S2/c24-18-11-8-16(12-19(18)25)28-21(29)13-20(22(28)30)32-17-9-6-15(7-10-17)27-23(31)26-14-4-2-1-3-5-14/h1-12,20H,13H2,(H2,26,27,31)/t20-/m0/s1. The molecule has 2 N–H and O–H groups in total. The number of thiocarbonyl (C=S) groups is 1. The van der Waals surface area contributed by atoms with Gasteiger partial charge in [-0.15, -0.1) is 11.8 Å². The fraction of sp³-hybridized carbons (Fsp3) is 0.0870. The van der Waals surface area contributed by atoms with Crippen LogP contribution in [0.1, 0.15) is 6.42 Å². The lowest BCUT2D eigenvalue weighted by atomic mass is 10.3. The summed E-state index contributed by atoms with van der Waals surface area (Å²) >= 11 is 18.7. The molecule has 9 heteroatoms. The summed E-state index contributed by atoms with van der Waals surface area (Å²) in [6, 6.07) is 21.9. The molecule has 1 atom stereocenters. The number of para-hydroxylation sites is 1. The van der Waals surface area contributed by atoms with E-state index in [0.29, 0.717) is 20.8 Å². The van der Waals surface area contributed by atoms with Gasteiger partial charge in [-0.05, 0) is 66.8 Å². The van der Waals surface area contributed by atoms with Crippen LogP contribution in [0.5, 0.6) is 0 Å². The number of nitrogens with zero attached hydrogens (tertiary/aromatic N) is 1. The average Bonchev–Trinajstić information content (AvgIpc) is 3.05. The molecule has 3 aromatic rings. The minimum absolute atomic E-state index is 0.120. The molecule has 1 aliphatic rings. The van der Waals surface area contributed by atoms with E-state index in [1.807, 2.05) is 54.6 Å². The number of hydrogen-bond donors (Lipinski definition) is 2. The highest BCUT2D eigenvalue weighted by molar-refractivity contribution is 8.00. The van der Waals surface area contributed by atoms with Gasteiger partial charge in [0.25, 0.3) is 0 Å². The van der Waals surface area contributed by atoms with Gasteiger partial charge >= 0.3 is 0 Å². The number of imide groups is 1. The van der Waals surface area contributed by atoms with Crippen LogP contribution in [0, 0.1) is 0 Å². The highest BCUT2D eigenvalue weighted by Crippen LogP contribution is 2.36. The normalized spacial score (nSPS) is 15.7. The summed E-state index contributed by atoms with van der Waals surface area (Å²) in [5, 5.41) is 6.87. The fourth-order valence-corrected chi connectivity index (χ4v) is 4.77. The van der Waals surface area contributed by atoms with Crippen molar-refractivity contribution in [3.05, 3.63) is 82.8 Å². The summed E-state index contributed by atoms with van der Waals surface area (Å²) in [5.41, 5.74) is 2.14. The van der Waals surface area contributed by atoms with Crippen molar-refractivity contribution < 1.29 is 9.59 Å². The Morgan fingerprint density at radius 2 is 1.56 bits per heavy atom. The molecule has 1 heterocycles. The van der Waals surface area contributed by atoms with Crippen LogP contribution in [-0.4, -0.2) is 22.2 Å². The van der Waals surface area contributed by atoms with Gasteiger partial charge in [-0.25, -0.2) is 4.90 Å². The van der Waals surface area contributed by atoms with Gasteiger partial charge in [0.2, 0.25) is 11.8 Å². The zero-order chi connectivity index (χ0) is 22.7. The Morgan fingerprint density at radius 3 is 2.22 bits per heavy atom. The number of anilines is 3. The fourth-order valence-electron chi connectivity index (χ4n) is 3.19. The average molecular weight is 502 g/mol. The van der Waals surface area contributed by atoms with E-state index in [1.54, 1.807) is 12.1 Å². The predicted octanol–water partition coefficient (Wildman–Crippen LogP) is 6.23. The minimum atomic E-state index is -0.503. The van der Waals surface area contributed by atoms with Gasteiger partial charge < -0.3 is 10.6 Å². The first-order valence-electron chi connectivity index (χ1n) is 9.62. The molecule has 4 rings (SSSR count). The van der Waals surface area contributed by atoms with E-state index < -0.39 is 5.25 Å². The zero-order valence-electron chi connectivity index (χ0n) is 16.5. The second kappa shape index (κ2) is 9.92. The molecule has 0 aliphatic carbocycles. The second-order valence-electron chi connectivity index (χ2n) is 6.95. The monoisotopic (exact) mass is 501 g/mol. The van der Waals surface area contributed by atoms with Crippen molar-refractivity contribution in [3.63, 3.8) is 0 Å². The van der Waals surface area contributed by atoms with Crippen molar-refractivity contribution in [3.8, 4) is 0 Å². The SMILES string of the molecule is O=C1C[C@H](Sc2ccc(NC(=S)Nc3ccccc3)cc2)C(=O)N1c1ccc(Cl)c(Cl)c1. The van der Waals surface area contributed by atoms with Crippen molar-refractivity contribution in [1.82, 2.24) is 0 Å². The molecule has 2 amide bonds. The van der Waals surface area contributed by atoms with Crippen molar-refractivity contribution in [2.45, 2.75) is 16.6 Å². The maximum atomic E-state index is 12.9. The first-order chi connectivity index (χ1) is 15.4. The number of amides is 2. The molecule has 162 valence electrons. The van der Waals surface area contributed by atoms with Crippen molar-refractivity contribution >= 4 is 81.2 Å². The van der Waals surface area contributed by atoms with Gasteiger partial charge in [0.05, 0.1) is 21.0 Å². The van der Waals surface area contributed by atoms with E-state index in [0.717, 1.165) is 16.3 Å². The topological polar surface area (TPSA) is 61.4 Å². The van der Waals surface area contributed by atoms with E-state index in [-0.39, 0.29) is 18.2 Å². The minimum Gasteiger partial charge on any atom is -0.332 e. The van der Waals surface area contributed by atoms with Crippen LogP contribution in [0.2, 0.25) is 10.0 Å². The number of carbonyl (C=O) groups excluding carboxylic acids is 2. The molecule has 3 aromatic carbocycles. The van der Waals surface area contributed by atoms with Crippen LogP contribution in [0.4, 0.5) is 17.1 Å². The maximum absolute atomic E-state index is 12.9. The third kappa shape index (κ3) is 5.24. The second-order valence-corrected chi connectivity index (χ2v) is 9.44. The third-order valence-electron chi connectivity index (χ3n) is 4.69. The summed E-state index contributed by atoms with van der Waals surface area (Å²) in [5.74, 6) is -0.532. The van der Waals surface area contributed by atoms with Gasteiger partial charge in [0.15, 0.2) is 5.11 Å². The van der Waals surface area contributed by atoms with E-state index in [1.165, 1.54) is 22.7 Å². The zero-order valence-corrected chi connectivity index (χ0v) is 19.7. The van der Waals surface area contributed by atoms with Crippen LogP contribution in [0.25, 0.3) is 0 Å². The Balaban J connectivity index is 1.38. The number of hydrogen-bond acceptors (Lipinski definition) is 4. The number of halogens is 2. The maximum Gasteiger partial charge on any atom is 0.247 e. The van der Waals surface area contributed by atoms with Gasteiger partial charge in [-0.1, -0.05) is 41.4 Å². The van der Waals surface area contributed by atoms with Crippen molar-refractivity contribution in [2.24, 2.45) is 0 Å². The molecule has 1 fully saturated rings. The Kier molecular flexibility index (Phi) is 7.01. The Morgan fingerprint density at radius 1 is 0.906 bits per heavy atom. The molecule has 0 saturated carbocycles. The number of nitrogens with one attached hydrogen (secondary N) is 2. The van der Waals surface area contributed by atoms with Crippen LogP contribution in [0.3, 0.4) is 0 Å². The molecular formula is C23H17Cl2N3O2S2. The largest absolute Gasteiger partial charge is 0.332 e. The Bertz CT molecular complexity index is 1170. The van der Waals surface area contributed by atoms with Crippen molar-refractivity contribution in [1.29, 1.82) is 0 Å². The smallest absolute Gasteiger partial charge is 0.247 e. The molecule has 1 aliphatic heterocycles. The molecule has 32 heavy (non-hydrogen) atoms. The van der Waals surface area contributed by atoms with Gasteiger partial charge in [-0.3, -0.25) is 9.59 Å². The van der Waals surface area contributed by atoms with E-state index >= 15 is 0 Å². The molecule has 0 aromatic heterocycles.